The Morgan fingerprint density at radius 2 is 2.00 bits per heavy atom. The maximum absolute atomic E-state index is 11.9. The van der Waals surface area contributed by atoms with Crippen molar-refractivity contribution in [3.8, 4) is 22.6 Å². The smallest absolute Gasteiger partial charge is 0.409 e. The standard InChI is InChI=1S/C20H23N5O4/c1-4-27-20(26)25-8-6-24(7-9-25)19-21-12-16(17-11-13(2)23-29-17)18(22-19)15-5-10-28-14(15)3/h5,10-12H,4,6-9H2,1-3H3. The van der Waals surface area contributed by atoms with Gasteiger partial charge >= 0.3 is 6.09 Å². The van der Waals surface area contributed by atoms with Gasteiger partial charge in [0, 0.05) is 44.0 Å². The predicted molar refractivity (Wildman–Crippen MR) is 106 cm³/mol. The number of hydrogen-bond acceptors (Lipinski definition) is 8. The zero-order valence-corrected chi connectivity index (χ0v) is 16.7. The van der Waals surface area contributed by atoms with Crippen molar-refractivity contribution in [3.63, 3.8) is 0 Å². The molecule has 0 saturated carbocycles. The lowest BCUT2D eigenvalue weighted by Gasteiger charge is -2.34. The highest BCUT2D eigenvalue weighted by molar-refractivity contribution is 5.79. The topological polar surface area (TPSA) is 97.7 Å². The number of carbonyl (C=O) groups excluding carboxylic acids is 1. The molecule has 0 N–H and O–H groups in total. The second-order valence-corrected chi connectivity index (χ2v) is 6.83. The predicted octanol–water partition coefficient (Wildman–Crippen LogP) is 3.29. The third-order valence-electron chi connectivity index (χ3n) is 4.87. The summed E-state index contributed by atoms with van der Waals surface area (Å²) in [6.45, 7) is 8.32. The van der Waals surface area contributed by atoms with Crippen molar-refractivity contribution in [1.82, 2.24) is 20.0 Å². The van der Waals surface area contributed by atoms with Gasteiger partial charge in [-0.2, -0.15) is 0 Å². The SMILES string of the molecule is CCOC(=O)N1CCN(c2ncc(-c3cc(C)no3)c(-c3ccoc3C)n2)CC1. The van der Waals surface area contributed by atoms with Crippen LogP contribution in [0.4, 0.5) is 10.7 Å². The van der Waals surface area contributed by atoms with E-state index in [-0.39, 0.29) is 6.09 Å². The molecule has 0 atom stereocenters. The van der Waals surface area contributed by atoms with Crippen LogP contribution in [-0.4, -0.2) is 58.9 Å². The maximum Gasteiger partial charge on any atom is 0.409 e. The second kappa shape index (κ2) is 7.94. The molecule has 1 amide bonds. The zero-order chi connectivity index (χ0) is 20.4. The van der Waals surface area contributed by atoms with E-state index < -0.39 is 0 Å². The lowest BCUT2D eigenvalue weighted by molar-refractivity contribution is 0.105. The Morgan fingerprint density at radius 1 is 1.21 bits per heavy atom. The quantitative estimate of drug-likeness (QED) is 0.661. The fraction of sp³-hybridized carbons (Fsp3) is 0.400. The Kier molecular flexibility index (Phi) is 5.20. The summed E-state index contributed by atoms with van der Waals surface area (Å²) in [4.78, 5) is 25.1. The Labute approximate surface area is 168 Å². The van der Waals surface area contributed by atoms with E-state index in [4.69, 9.17) is 18.7 Å². The monoisotopic (exact) mass is 397 g/mol. The largest absolute Gasteiger partial charge is 0.469 e. The lowest BCUT2D eigenvalue weighted by Crippen LogP contribution is -2.49. The van der Waals surface area contributed by atoms with Crippen molar-refractivity contribution < 1.29 is 18.5 Å². The average Bonchev–Trinajstić information content (AvgIpc) is 3.36. The van der Waals surface area contributed by atoms with E-state index in [0.29, 0.717) is 44.5 Å². The molecule has 1 aliphatic heterocycles. The number of rotatable bonds is 4. The van der Waals surface area contributed by atoms with Crippen LogP contribution in [0.25, 0.3) is 22.6 Å². The molecule has 9 nitrogen and oxygen atoms in total. The first kappa shape index (κ1) is 19.0. The summed E-state index contributed by atoms with van der Waals surface area (Å²) in [5.74, 6) is 1.97. The molecule has 0 spiro atoms. The van der Waals surface area contributed by atoms with Crippen LogP contribution >= 0.6 is 0 Å². The Hall–Kier alpha value is -3.36. The molecule has 0 aliphatic carbocycles. The first-order chi connectivity index (χ1) is 14.1. The molecule has 0 unspecified atom stereocenters. The number of aryl methyl sites for hydroxylation is 2. The fourth-order valence-corrected chi connectivity index (χ4v) is 3.34. The van der Waals surface area contributed by atoms with Crippen LogP contribution in [0.2, 0.25) is 0 Å². The molecular formula is C20H23N5O4. The summed E-state index contributed by atoms with van der Waals surface area (Å²) in [5, 5.41) is 3.98. The molecule has 3 aromatic heterocycles. The van der Waals surface area contributed by atoms with Crippen molar-refractivity contribution in [2.45, 2.75) is 20.8 Å². The molecule has 0 radical (unpaired) electrons. The summed E-state index contributed by atoms with van der Waals surface area (Å²) < 4.78 is 16.0. The van der Waals surface area contributed by atoms with Gasteiger partial charge in [-0.1, -0.05) is 5.16 Å². The van der Waals surface area contributed by atoms with Crippen LogP contribution in [0.3, 0.4) is 0 Å². The van der Waals surface area contributed by atoms with E-state index in [9.17, 15) is 4.79 Å². The number of ether oxygens (including phenoxy) is 1. The molecule has 1 fully saturated rings. The van der Waals surface area contributed by atoms with Crippen molar-refractivity contribution in [1.29, 1.82) is 0 Å². The second-order valence-electron chi connectivity index (χ2n) is 6.83. The van der Waals surface area contributed by atoms with Crippen molar-refractivity contribution >= 4 is 12.0 Å². The average molecular weight is 397 g/mol. The Morgan fingerprint density at radius 3 is 2.62 bits per heavy atom. The normalized spacial score (nSPS) is 14.3. The molecule has 1 saturated heterocycles. The van der Waals surface area contributed by atoms with Gasteiger partial charge in [0.25, 0.3) is 0 Å². The molecule has 4 heterocycles. The van der Waals surface area contributed by atoms with Crippen LogP contribution in [0.15, 0.2) is 33.5 Å². The number of nitrogens with zero attached hydrogens (tertiary/aromatic N) is 5. The summed E-state index contributed by atoms with van der Waals surface area (Å²) in [5.41, 5.74) is 3.14. The van der Waals surface area contributed by atoms with Gasteiger partial charge in [-0.15, -0.1) is 0 Å². The number of aromatic nitrogens is 3. The van der Waals surface area contributed by atoms with Gasteiger partial charge in [-0.3, -0.25) is 0 Å². The molecule has 29 heavy (non-hydrogen) atoms. The van der Waals surface area contributed by atoms with Crippen LogP contribution in [0.5, 0.6) is 0 Å². The lowest BCUT2D eigenvalue weighted by atomic mass is 10.1. The molecule has 0 aromatic carbocycles. The first-order valence-electron chi connectivity index (χ1n) is 9.58. The molecular weight excluding hydrogens is 374 g/mol. The third kappa shape index (κ3) is 3.80. The summed E-state index contributed by atoms with van der Waals surface area (Å²) >= 11 is 0. The number of amides is 1. The minimum absolute atomic E-state index is 0.279. The van der Waals surface area contributed by atoms with Crippen molar-refractivity contribution in [2.24, 2.45) is 0 Å². The number of hydrogen-bond donors (Lipinski definition) is 0. The first-order valence-corrected chi connectivity index (χ1v) is 9.58. The number of piperazine rings is 1. The van der Waals surface area contributed by atoms with Gasteiger partial charge in [-0.05, 0) is 26.8 Å². The van der Waals surface area contributed by atoms with E-state index in [2.05, 4.69) is 15.0 Å². The van der Waals surface area contributed by atoms with Gasteiger partial charge in [-0.25, -0.2) is 14.8 Å². The molecule has 1 aliphatic rings. The maximum atomic E-state index is 11.9. The molecule has 3 aromatic rings. The van der Waals surface area contributed by atoms with Crippen molar-refractivity contribution in [2.75, 3.05) is 37.7 Å². The van der Waals surface area contributed by atoms with Crippen LogP contribution in [0, 0.1) is 13.8 Å². The highest BCUT2D eigenvalue weighted by Gasteiger charge is 2.25. The van der Waals surface area contributed by atoms with Gasteiger partial charge in [0.05, 0.1) is 29.8 Å². The van der Waals surface area contributed by atoms with Gasteiger partial charge in [0.1, 0.15) is 5.76 Å². The van der Waals surface area contributed by atoms with Crippen LogP contribution < -0.4 is 4.90 Å². The van der Waals surface area contributed by atoms with Crippen LogP contribution in [0.1, 0.15) is 18.4 Å². The molecule has 152 valence electrons. The molecule has 9 heteroatoms. The Bertz CT molecular complexity index is 1000. The van der Waals surface area contributed by atoms with Crippen molar-refractivity contribution in [3.05, 3.63) is 36.0 Å². The van der Waals surface area contributed by atoms with E-state index in [1.54, 1.807) is 24.3 Å². The minimum Gasteiger partial charge on any atom is -0.469 e. The number of anilines is 1. The Balaban J connectivity index is 1.63. The minimum atomic E-state index is -0.279. The van der Waals surface area contributed by atoms with E-state index in [1.165, 1.54) is 0 Å². The number of carbonyl (C=O) groups is 1. The zero-order valence-electron chi connectivity index (χ0n) is 16.7. The third-order valence-corrected chi connectivity index (χ3v) is 4.87. The van der Waals surface area contributed by atoms with Gasteiger partial charge in [0.2, 0.25) is 5.95 Å². The molecule has 0 bridgehead atoms. The van der Waals surface area contributed by atoms with E-state index in [1.807, 2.05) is 26.0 Å². The van der Waals surface area contributed by atoms with E-state index in [0.717, 1.165) is 28.3 Å². The van der Waals surface area contributed by atoms with E-state index >= 15 is 0 Å². The van der Waals surface area contributed by atoms with Gasteiger partial charge in [0.15, 0.2) is 5.76 Å². The molecule has 4 rings (SSSR count). The highest BCUT2D eigenvalue weighted by Crippen LogP contribution is 2.34. The number of furan rings is 1. The summed E-state index contributed by atoms with van der Waals surface area (Å²) in [6.07, 6.45) is 3.11. The fourth-order valence-electron chi connectivity index (χ4n) is 3.34. The van der Waals surface area contributed by atoms with Gasteiger partial charge < -0.3 is 23.5 Å². The summed E-state index contributed by atoms with van der Waals surface area (Å²) in [7, 11) is 0. The summed E-state index contributed by atoms with van der Waals surface area (Å²) in [6, 6.07) is 3.74. The highest BCUT2D eigenvalue weighted by atomic mass is 16.6. The van der Waals surface area contributed by atoms with Crippen LogP contribution in [-0.2, 0) is 4.74 Å².